The molecule has 0 aliphatic heterocycles. The molecule has 0 radical (unpaired) electrons. The molecule has 0 rings (SSSR count). The van der Waals surface area contributed by atoms with Crippen molar-refractivity contribution in [3.63, 3.8) is 0 Å². The van der Waals surface area contributed by atoms with Gasteiger partial charge in [0, 0.05) is 6.92 Å². The Balaban J connectivity index is 3.94. The highest BCUT2D eigenvalue weighted by Crippen LogP contribution is 2.00. The summed E-state index contributed by atoms with van der Waals surface area (Å²) in [6.07, 6.45) is 8.33. The Morgan fingerprint density at radius 3 is 2.29 bits per heavy atom. The third-order valence-electron chi connectivity index (χ3n) is 1.53. The Morgan fingerprint density at radius 1 is 1.14 bits per heavy atom. The summed E-state index contributed by atoms with van der Waals surface area (Å²) in [5, 5.41) is 0. The second-order valence-electron chi connectivity index (χ2n) is 3.38. The van der Waals surface area contributed by atoms with Crippen molar-refractivity contribution in [3.05, 3.63) is 35.6 Å². The minimum Gasteiger partial charge on any atom is -0.435 e. The first-order valence-electron chi connectivity index (χ1n) is 4.66. The van der Waals surface area contributed by atoms with Crippen LogP contribution in [0.15, 0.2) is 35.6 Å². The standard InChI is InChI=1S/C12H18O2/c1-10(2)6-5-7-11(3)8-9-14-12(4)13/h6-9H,5H2,1-4H3/b9-8+,11-7+. The molecule has 0 saturated carbocycles. The molecule has 0 bridgehead atoms. The van der Waals surface area contributed by atoms with Gasteiger partial charge in [-0.15, -0.1) is 0 Å². The van der Waals surface area contributed by atoms with Gasteiger partial charge in [0.1, 0.15) is 0 Å². The van der Waals surface area contributed by atoms with E-state index in [1.54, 1.807) is 6.08 Å². The van der Waals surface area contributed by atoms with Crippen LogP contribution in [0.4, 0.5) is 0 Å². The normalized spacial score (nSPS) is 11.6. The molecule has 0 atom stereocenters. The highest BCUT2D eigenvalue weighted by Gasteiger charge is 1.85. The molecule has 78 valence electrons. The number of carbonyl (C=O) groups is 1. The Labute approximate surface area is 86.0 Å². The minimum absolute atomic E-state index is 0.293. The van der Waals surface area contributed by atoms with E-state index in [-0.39, 0.29) is 5.97 Å². The van der Waals surface area contributed by atoms with E-state index in [1.165, 1.54) is 18.8 Å². The quantitative estimate of drug-likeness (QED) is 0.297. The van der Waals surface area contributed by atoms with Crippen LogP contribution in [0.3, 0.4) is 0 Å². The molecule has 0 N–H and O–H groups in total. The van der Waals surface area contributed by atoms with Gasteiger partial charge in [0.15, 0.2) is 0 Å². The molecule has 0 aromatic carbocycles. The van der Waals surface area contributed by atoms with Crippen LogP contribution >= 0.6 is 0 Å². The number of allylic oxidation sites excluding steroid dienone is 5. The van der Waals surface area contributed by atoms with Crippen LogP contribution in [0, 0.1) is 0 Å². The third-order valence-corrected chi connectivity index (χ3v) is 1.53. The summed E-state index contributed by atoms with van der Waals surface area (Å²) in [5.41, 5.74) is 2.39. The van der Waals surface area contributed by atoms with Crippen LogP contribution in [0.25, 0.3) is 0 Å². The number of carbonyl (C=O) groups excluding carboxylic acids is 1. The van der Waals surface area contributed by atoms with Crippen LogP contribution in [-0.2, 0) is 9.53 Å². The SMILES string of the molecule is CC(=O)O/C=C/C(C)=C/CC=C(C)C. The van der Waals surface area contributed by atoms with E-state index in [0.29, 0.717) is 0 Å². The lowest BCUT2D eigenvalue weighted by atomic mass is 10.2. The third kappa shape index (κ3) is 8.78. The van der Waals surface area contributed by atoms with Crippen molar-refractivity contribution in [2.24, 2.45) is 0 Å². The summed E-state index contributed by atoms with van der Waals surface area (Å²) in [6, 6.07) is 0. The van der Waals surface area contributed by atoms with Gasteiger partial charge in [-0.25, -0.2) is 0 Å². The summed E-state index contributed by atoms with van der Waals surface area (Å²) in [7, 11) is 0. The lowest BCUT2D eigenvalue weighted by molar-refractivity contribution is -0.135. The fourth-order valence-electron chi connectivity index (χ4n) is 0.786. The van der Waals surface area contributed by atoms with Crippen LogP contribution in [0.2, 0.25) is 0 Å². The van der Waals surface area contributed by atoms with Crippen molar-refractivity contribution in [2.45, 2.75) is 34.1 Å². The molecule has 0 unspecified atom stereocenters. The first-order valence-corrected chi connectivity index (χ1v) is 4.66. The average molecular weight is 194 g/mol. The molecule has 0 amide bonds. The van der Waals surface area contributed by atoms with Crippen molar-refractivity contribution >= 4 is 5.97 Å². The monoisotopic (exact) mass is 194 g/mol. The van der Waals surface area contributed by atoms with Crippen LogP contribution < -0.4 is 0 Å². The van der Waals surface area contributed by atoms with Crippen LogP contribution in [0.5, 0.6) is 0 Å². The molecule has 0 fully saturated rings. The Bertz CT molecular complexity index is 266. The first-order chi connectivity index (χ1) is 6.52. The second-order valence-corrected chi connectivity index (χ2v) is 3.38. The fraction of sp³-hybridized carbons (Fsp3) is 0.417. The molecule has 0 aromatic rings. The number of hydrogen-bond acceptors (Lipinski definition) is 2. The van der Waals surface area contributed by atoms with Crippen LogP contribution in [0.1, 0.15) is 34.1 Å². The van der Waals surface area contributed by atoms with Crippen molar-refractivity contribution in [1.82, 2.24) is 0 Å². The minimum atomic E-state index is -0.293. The lowest BCUT2D eigenvalue weighted by Crippen LogP contribution is -1.89. The fourth-order valence-corrected chi connectivity index (χ4v) is 0.786. The molecule has 0 aliphatic carbocycles. The zero-order valence-corrected chi connectivity index (χ0v) is 9.33. The molecule has 0 aliphatic rings. The van der Waals surface area contributed by atoms with Gasteiger partial charge >= 0.3 is 5.97 Å². The van der Waals surface area contributed by atoms with E-state index in [0.717, 1.165) is 12.0 Å². The Hall–Kier alpha value is -1.31. The number of ether oxygens (including phenoxy) is 1. The van der Waals surface area contributed by atoms with E-state index < -0.39 is 0 Å². The smallest absolute Gasteiger partial charge is 0.307 e. The van der Waals surface area contributed by atoms with Gasteiger partial charge in [-0.05, 0) is 33.3 Å². The van der Waals surface area contributed by atoms with Gasteiger partial charge in [0.05, 0.1) is 6.26 Å². The highest BCUT2D eigenvalue weighted by atomic mass is 16.5. The molecule has 0 saturated heterocycles. The van der Waals surface area contributed by atoms with Crippen molar-refractivity contribution in [3.8, 4) is 0 Å². The Morgan fingerprint density at radius 2 is 1.79 bits per heavy atom. The maximum absolute atomic E-state index is 10.4. The summed E-state index contributed by atoms with van der Waals surface area (Å²) >= 11 is 0. The average Bonchev–Trinajstić information content (AvgIpc) is 2.02. The zero-order valence-electron chi connectivity index (χ0n) is 9.33. The van der Waals surface area contributed by atoms with Crippen molar-refractivity contribution in [2.75, 3.05) is 0 Å². The van der Waals surface area contributed by atoms with Crippen molar-refractivity contribution < 1.29 is 9.53 Å². The maximum Gasteiger partial charge on any atom is 0.307 e. The van der Waals surface area contributed by atoms with Gasteiger partial charge < -0.3 is 4.74 Å². The van der Waals surface area contributed by atoms with E-state index >= 15 is 0 Å². The largest absolute Gasteiger partial charge is 0.435 e. The molecule has 14 heavy (non-hydrogen) atoms. The first kappa shape index (κ1) is 12.7. The number of hydrogen-bond donors (Lipinski definition) is 0. The van der Waals surface area contributed by atoms with Gasteiger partial charge in [-0.3, -0.25) is 4.79 Å². The van der Waals surface area contributed by atoms with Gasteiger partial charge in [0.25, 0.3) is 0 Å². The summed E-state index contributed by atoms with van der Waals surface area (Å²) in [5.74, 6) is -0.293. The van der Waals surface area contributed by atoms with E-state index in [1.807, 2.05) is 6.92 Å². The summed E-state index contributed by atoms with van der Waals surface area (Å²) in [6.45, 7) is 7.49. The van der Waals surface area contributed by atoms with E-state index in [9.17, 15) is 4.79 Å². The van der Waals surface area contributed by atoms with Gasteiger partial charge in [0.2, 0.25) is 0 Å². The molecule has 0 heterocycles. The molecular weight excluding hydrogens is 176 g/mol. The van der Waals surface area contributed by atoms with Crippen molar-refractivity contribution in [1.29, 1.82) is 0 Å². The summed E-state index contributed by atoms with van der Waals surface area (Å²) < 4.78 is 4.66. The highest BCUT2D eigenvalue weighted by molar-refractivity contribution is 5.66. The van der Waals surface area contributed by atoms with E-state index in [2.05, 4.69) is 30.7 Å². The number of rotatable bonds is 4. The topological polar surface area (TPSA) is 26.3 Å². The Kier molecular flexibility index (Phi) is 6.46. The lowest BCUT2D eigenvalue weighted by Gasteiger charge is -1.93. The molecular formula is C12H18O2. The number of esters is 1. The second kappa shape index (κ2) is 7.13. The zero-order chi connectivity index (χ0) is 11.0. The predicted molar refractivity (Wildman–Crippen MR) is 58.7 cm³/mol. The van der Waals surface area contributed by atoms with Crippen LogP contribution in [-0.4, -0.2) is 5.97 Å². The maximum atomic E-state index is 10.4. The predicted octanol–water partition coefficient (Wildman–Crippen LogP) is 3.37. The van der Waals surface area contributed by atoms with E-state index in [4.69, 9.17) is 0 Å². The molecule has 2 nitrogen and oxygen atoms in total. The summed E-state index contributed by atoms with van der Waals surface area (Å²) in [4.78, 5) is 10.4. The molecule has 0 aromatic heterocycles. The van der Waals surface area contributed by atoms with Gasteiger partial charge in [-0.2, -0.15) is 0 Å². The molecule has 2 heteroatoms. The molecule has 0 spiro atoms. The van der Waals surface area contributed by atoms with Gasteiger partial charge in [-0.1, -0.05) is 23.3 Å².